The minimum absolute atomic E-state index is 0.0492. The average molecular weight is 492 g/mol. The molecule has 1 aliphatic carbocycles. The molecule has 0 bridgehead atoms. The lowest BCUT2D eigenvalue weighted by molar-refractivity contribution is -0.144. The number of piperidine rings is 1. The van der Waals surface area contributed by atoms with Crippen molar-refractivity contribution in [2.24, 2.45) is 11.3 Å². The number of halogens is 1. The first-order valence-corrected chi connectivity index (χ1v) is 12.5. The van der Waals surface area contributed by atoms with Crippen LogP contribution < -0.4 is 5.32 Å². The third-order valence-electron chi connectivity index (χ3n) is 7.93. The van der Waals surface area contributed by atoms with Crippen molar-refractivity contribution in [3.8, 4) is 0 Å². The number of methoxy groups -OCH3 is 1. The van der Waals surface area contributed by atoms with Crippen LogP contribution >= 0.6 is 11.6 Å². The van der Waals surface area contributed by atoms with Crippen LogP contribution in [0.1, 0.15) is 44.1 Å². The van der Waals surface area contributed by atoms with Gasteiger partial charge in [-0.3, -0.25) is 14.5 Å². The quantitative estimate of drug-likeness (QED) is 0.580. The van der Waals surface area contributed by atoms with Gasteiger partial charge in [0.25, 0.3) is 0 Å². The van der Waals surface area contributed by atoms with Crippen LogP contribution in [0, 0.1) is 11.3 Å². The lowest BCUT2D eigenvalue weighted by Crippen LogP contribution is -2.63. The molecule has 2 heterocycles. The molecule has 1 aromatic rings. The topological polar surface area (TPSA) is 99.2 Å². The van der Waals surface area contributed by atoms with Crippen LogP contribution in [-0.2, 0) is 14.3 Å². The third kappa shape index (κ3) is 4.32. The summed E-state index contributed by atoms with van der Waals surface area (Å²) in [6, 6.07) is 7.31. The fourth-order valence-electron chi connectivity index (χ4n) is 5.93. The molecular formula is C25H34ClN3O5. The van der Waals surface area contributed by atoms with Gasteiger partial charge in [-0.05, 0) is 50.3 Å². The van der Waals surface area contributed by atoms with E-state index in [0.717, 1.165) is 18.4 Å². The number of likely N-dealkylation sites (N-methyl/N-ethyl adjacent to an activating group) is 1. The Balaban J connectivity index is 1.57. The normalized spacial score (nSPS) is 26.3. The van der Waals surface area contributed by atoms with Gasteiger partial charge in [0.2, 0.25) is 5.91 Å². The van der Waals surface area contributed by atoms with Crippen molar-refractivity contribution in [2.45, 2.75) is 44.1 Å². The fraction of sp³-hybridized carbons (Fsp3) is 0.640. The van der Waals surface area contributed by atoms with Gasteiger partial charge in [-0.25, -0.2) is 4.79 Å². The SMILES string of the molecule is CCN(C(=O)O)[C@]1(C(=O)C2CCN(C(=O)C3(COC)CC3)CC2)CNC[C@H]1c1ccc(Cl)cc1. The van der Waals surface area contributed by atoms with Gasteiger partial charge in [-0.1, -0.05) is 23.7 Å². The van der Waals surface area contributed by atoms with E-state index >= 15 is 0 Å². The van der Waals surface area contributed by atoms with E-state index < -0.39 is 11.6 Å². The van der Waals surface area contributed by atoms with Crippen molar-refractivity contribution in [3.63, 3.8) is 0 Å². The first-order chi connectivity index (χ1) is 16.3. The smallest absolute Gasteiger partial charge is 0.408 e. The summed E-state index contributed by atoms with van der Waals surface area (Å²) in [6.07, 6.45) is 1.68. The van der Waals surface area contributed by atoms with Crippen LogP contribution in [0.5, 0.6) is 0 Å². The van der Waals surface area contributed by atoms with Crippen molar-refractivity contribution in [3.05, 3.63) is 34.9 Å². The maximum Gasteiger partial charge on any atom is 0.408 e. The molecule has 3 fully saturated rings. The zero-order chi connectivity index (χ0) is 24.5. The van der Waals surface area contributed by atoms with Crippen LogP contribution in [0.15, 0.2) is 24.3 Å². The van der Waals surface area contributed by atoms with E-state index in [1.165, 1.54) is 4.90 Å². The van der Waals surface area contributed by atoms with Crippen LogP contribution in [0.4, 0.5) is 4.79 Å². The number of hydrogen-bond acceptors (Lipinski definition) is 5. The maximum atomic E-state index is 14.2. The van der Waals surface area contributed by atoms with Gasteiger partial charge in [0.05, 0.1) is 12.0 Å². The molecule has 2 aliphatic heterocycles. The summed E-state index contributed by atoms with van der Waals surface area (Å²) < 4.78 is 5.27. The number of benzene rings is 1. The number of ketones is 1. The number of carboxylic acid groups (broad SMARTS) is 1. The van der Waals surface area contributed by atoms with E-state index in [1.807, 2.05) is 17.0 Å². The molecule has 0 unspecified atom stereocenters. The number of nitrogens with one attached hydrogen (secondary N) is 1. The van der Waals surface area contributed by atoms with Crippen LogP contribution in [0.25, 0.3) is 0 Å². The molecule has 2 atom stereocenters. The predicted octanol–water partition coefficient (Wildman–Crippen LogP) is 3.00. The monoisotopic (exact) mass is 491 g/mol. The molecule has 2 N–H and O–H groups in total. The summed E-state index contributed by atoms with van der Waals surface area (Å²) in [6.45, 7) is 4.22. The van der Waals surface area contributed by atoms with Gasteiger partial charge in [0.15, 0.2) is 5.78 Å². The number of rotatable bonds is 8. The third-order valence-corrected chi connectivity index (χ3v) is 8.18. The Labute approximate surface area is 205 Å². The predicted molar refractivity (Wildman–Crippen MR) is 128 cm³/mol. The minimum Gasteiger partial charge on any atom is -0.465 e. The van der Waals surface area contributed by atoms with E-state index in [9.17, 15) is 19.5 Å². The zero-order valence-corrected chi connectivity index (χ0v) is 20.6. The zero-order valence-electron chi connectivity index (χ0n) is 19.9. The number of likely N-dealkylation sites (tertiary alicyclic amines) is 1. The second kappa shape index (κ2) is 9.84. The van der Waals surface area contributed by atoms with Crippen molar-refractivity contribution < 1.29 is 24.2 Å². The molecule has 8 nitrogen and oxygen atoms in total. The van der Waals surface area contributed by atoms with E-state index in [2.05, 4.69) is 5.32 Å². The van der Waals surface area contributed by atoms with Gasteiger partial charge >= 0.3 is 6.09 Å². The van der Waals surface area contributed by atoms with E-state index in [-0.39, 0.29) is 42.0 Å². The summed E-state index contributed by atoms with van der Waals surface area (Å²) in [5.74, 6) is -0.543. The molecule has 2 amide bonds. The Kier molecular flexibility index (Phi) is 7.22. The molecule has 34 heavy (non-hydrogen) atoms. The van der Waals surface area contributed by atoms with Crippen LogP contribution in [0.3, 0.4) is 0 Å². The largest absolute Gasteiger partial charge is 0.465 e. The Hall–Kier alpha value is -2.16. The van der Waals surface area contributed by atoms with Crippen LogP contribution in [-0.4, -0.2) is 84.7 Å². The summed E-state index contributed by atoms with van der Waals surface area (Å²) >= 11 is 6.08. The molecule has 1 aromatic carbocycles. The second-order valence-electron chi connectivity index (χ2n) is 9.83. The Bertz CT molecular complexity index is 927. The number of carbonyl (C=O) groups is 3. The minimum atomic E-state index is -1.20. The molecule has 2 saturated heterocycles. The lowest BCUT2D eigenvalue weighted by atomic mass is 9.71. The molecule has 0 aromatic heterocycles. The van der Waals surface area contributed by atoms with E-state index in [1.54, 1.807) is 26.2 Å². The molecule has 0 radical (unpaired) electrons. The number of carbonyl (C=O) groups excluding carboxylic acids is 2. The number of amides is 2. The van der Waals surface area contributed by atoms with Crippen LogP contribution in [0.2, 0.25) is 5.02 Å². The molecular weight excluding hydrogens is 458 g/mol. The summed E-state index contributed by atoms with van der Waals surface area (Å²) in [4.78, 5) is 42.7. The fourth-order valence-corrected chi connectivity index (χ4v) is 6.06. The summed E-state index contributed by atoms with van der Waals surface area (Å²) in [7, 11) is 1.62. The van der Waals surface area contributed by atoms with Crippen molar-refractivity contribution in [1.29, 1.82) is 0 Å². The highest BCUT2D eigenvalue weighted by Gasteiger charge is 2.57. The Morgan fingerprint density at radius 2 is 1.85 bits per heavy atom. The van der Waals surface area contributed by atoms with Crippen molar-refractivity contribution in [2.75, 3.05) is 46.4 Å². The molecule has 3 aliphatic rings. The van der Waals surface area contributed by atoms with Crippen molar-refractivity contribution >= 4 is 29.4 Å². The van der Waals surface area contributed by atoms with Crippen molar-refractivity contribution in [1.82, 2.24) is 15.1 Å². The first-order valence-electron chi connectivity index (χ1n) is 12.1. The van der Waals surface area contributed by atoms with Gasteiger partial charge in [0.1, 0.15) is 5.54 Å². The van der Waals surface area contributed by atoms with E-state index in [4.69, 9.17) is 16.3 Å². The lowest BCUT2D eigenvalue weighted by Gasteiger charge is -2.45. The standard InChI is InChI=1S/C25H34ClN3O5/c1-3-29(23(32)33)25(15-27-14-20(25)17-4-6-19(26)7-5-17)21(30)18-8-12-28(13-9-18)22(31)24(10-11-24)16-34-2/h4-7,18,20,27H,3,8-16H2,1-2H3,(H,32,33)/t20-,25+/m0/s1. The molecule has 4 rings (SSSR count). The number of ether oxygens (including phenoxy) is 1. The van der Waals surface area contributed by atoms with E-state index in [0.29, 0.717) is 44.1 Å². The highest BCUT2D eigenvalue weighted by Crippen LogP contribution is 2.48. The van der Waals surface area contributed by atoms with Gasteiger partial charge in [-0.2, -0.15) is 0 Å². The molecule has 186 valence electrons. The summed E-state index contributed by atoms with van der Waals surface area (Å²) in [5.41, 5.74) is -0.686. The number of Topliss-reactive ketones (excluding diaryl/α,β-unsaturated/α-hetero) is 1. The summed E-state index contributed by atoms with van der Waals surface area (Å²) in [5, 5.41) is 14.0. The number of hydrogen-bond donors (Lipinski definition) is 2. The molecule has 1 saturated carbocycles. The van der Waals surface area contributed by atoms with Gasteiger partial charge in [0, 0.05) is 56.7 Å². The highest BCUT2D eigenvalue weighted by atomic mass is 35.5. The van der Waals surface area contributed by atoms with Gasteiger partial charge in [-0.15, -0.1) is 0 Å². The highest BCUT2D eigenvalue weighted by molar-refractivity contribution is 6.30. The Morgan fingerprint density at radius 3 is 2.38 bits per heavy atom. The number of nitrogens with zero attached hydrogens (tertiary/aromatic N) is 2. The maximum absolute atomic E-state index is 14.2. The van der Waals surface area contributed by atoms with Gasteiger partial charge < -0.3 is 20.1 Å². The molecule has 0 spiro atoms. The Morgan fingerprint density at radius 1 is 1.21 bits per heavy atom. The first kappa shape index (κ1) is 24.9. The average Bonchev–Trinajstić information content (AvgIpc) is 3.49. The second-order valence-corrected chi connectivity index (χ2v) is 10.3. The molecule has 9 heteroatoms.